The van der Waals surface area contributed by atoms with Crippen molar-refractivity contribution in [3.8, 4) is 0 Å². The molecule has 0 aliphatic carbocycles. The minimum absolute atomic E-state index is 0.0659. The fourth-order valence-corrected chi connectivity index (χ4v) is 5.68. The molecule has 0 spiro atoms. The molecule has 0 saturated carbocycles. The first kappa shape index (κ1) is 29.6. The molecule has 2 aromatic rings. The molecule has 0 aromatic carbocycles. The second kappa shape index (κ2) is 10.7. The Hall–Kier alpha value is -3.89. The van der Waals surface area contributed by atoms with E-state index < -0.39 is 58.8 Å². The number of pyridine rings is 1. The van der Waals surface area contributed by atoms with Gasteiger partial charge >= 0.3 is 12.4 Å². The molecule has 2 aromatic heterocycles. The van der Waals surface area contributed by atoms with Crippen LogP contribution in [0.25, 0.3) is 0 Å². The molecular weight excluding hydrogens is 576 g/mol. The van der Waals surface area contributed by atoms with Crippen molar-refractivity contribution in [2.75, 3.05) is 41.9 Å². The Labute approximate surface area is 234 Å². The molecule has 11 nitrogen and oxygen atoms in total. The van der Waals surface area contributed by atoms with Gasteiger partial charge in [0.05, 0.1) is 29.7 Å². The number of likely N-dealkylation sites (N-methyl/N-ethyl adjacent to an activating group) is 1. The number of carbonyl (C=O) groups is 2. The third-order valence-corrected chi connectivity index (χ3v) is 7.72. The van der Waals surface area contributed by atoms with Crippen LogP contribution in [0.5, 0.6) is 0 Å². The topological polar surface area (TPSA) is 124 Å². The Kier molecular flexibility index (Phi) is 7.57. The highest BCUT2D eigenvalue weighted by molar-refractivity contribution is 6.04. The van der Waals surface area contributed by atoms with Gasteiger partial charge in [0.2, 0.25) is 5.91 Å². The van der Waals surface area contributed by atoms with Gasteiger partial charge in [-0.1, -0.05) is 0 Å². The first-order valence-corrected chi connectivity index (χ1v) is 13.1. The van der Waals surface area contributed by atoms with Crippen LogP contribution in [0.15, 0.2) is 23.3 Å². The summed E-state index contributed by atoms with van der Waals surface area (Å²) >= 11 is 0. The quantitative estimate of drug-likeness (QED) is 0.484. The van der Waals surface area contributed by atoms with Crippen molar-refractivity contribution < 1.29 is 40.7 Å². The number of carbonyl (C=O) groups excluding carboxylic acids is 2. The third-order valence-electron chi connectivity index (χ3n) is 7.72. The zero-order valence-electron chi connectivity index (χ0n) is 22.4. The molecule has 2 N–H and O–H groups in total. The summed E-state index contributed by atoms with van der Waals surface area (Å²) in [5, 5.41) is 7.72. The van der Waals surface area contributed by atoms with E-state index in [2.05, 4.69) is 15.4 Å². The summed E-state index contributed by atoms with van der Waals surface area (Å²) in [4.78, 5) is 46.5. The summed E-state index contributed by atoms with van der Waals surface area (Å²) in [5.74, 6) is -0.451. The number of H-pyrrole nitrogens is 1. The molecule has 17 heteroatoms. The van der Waals surface area contributed by atoms with Crippen LogP contribution < -0.4 is 20.7 Å². The number of rotatable bonds is 6. The molecule has 0 radical (unpaired) electrons. The maximum atomic E-state index is 13.3. The summed E-state index contributed by atoms with van der Waals surface area (Å²) in [7, 11) is 1.39. The number of nitrogens with zero attached hydrogens (tertiary/aromatic N) is 5. The van der Waals surface area contributed by atoms with Gasteiger partial charge in [-0.05, 0) is 25.8 Å². The highest BCUT2D eigenvalue weighted by Crippen LogP contribution is 2.41. The lowest BCUT2D eigenvalue weighted by atomic mass is 9.92. The van der Waals surface area contributed by atoms with E-state index in [-0.39, 0.29) is 36.5 Å². The highest BCUT2D eigenvalue weighted by Gasteiger charge is 2.46. The van der Waals surface area contributed by atoms with Crippen molar-refractivity contribution >= 4 is 29.0 Å². The molecule has 42 heavy (non-hydrogen) atoms. The fourth-order valence-electron chi connectivity index (χ4n) is 5.68. The van der Waals surface area contributed by atoms with Crippen molar-refractivity contribution in [1.82, 2.24) is 20.1 Å². The van der Waals surface area contributed by atoms with Gasteiger partial charge in [0.1, 0.15) is 17.7 Å². The van der Waals surface area contributed by atoms with Crippen LogP contribution in [0.1, 0.15) is 37.3 Å². The zero-order chi connectivity index (χ0) is 30.6. The highest BCUT2D eigenvalue weighted by atomic mass is 19.4. The fraction of sp³-hybridized carbons (Fsp3) is 0.560. The molecule has 0 bridgehead atoms. The number of aromatic amines is 1. The lowest BCUT2D eigenvalue weighted by Gasteiger charge is -2.47. The van der Waals surface area contributed by atoms with Crippen LogP contribution in [0.2, 0.25) is 0 Å². The second-order valence-electron chi connectivity index (χ2n) is 10.5. The van der Waals surface area contributed by atoms with Crippen molar-refractivity contribution in [2.24, 2.45) is 0 Å². The molecule has 4 atom stereocenters. The maximum Gasteiger partial charge on any atom is 0.423 e. The van der Waals surface area contributed by atoms with Gasteiger partial charge in [0.15, 0.2) is 5.82 Å². The number of fused-ring (bicyclic) bond motifs is 3. The minimum Gasteiger partial charge on any atom is -0.378 e. The van der Waals surface area contributed by atoms with Crippen LogP contribution in [0.4, 0.5) is 43.5 Å². The summed E-state index contributed by atoms with van der Waals surface area (Å²) in [6.07, 6.45) is -7.75. The van der Waals surface area contributed by atoms with E-state index in [1.54, 1.807) is 14.9 Å². The van der Waals surface area contributed by atoms with Gasteiger partial charge in [0, 0.05) is 44.8 Å². The minimum atomic E-state index is -4.91. The summed E-state index contributed by atoms with van der Waals surface area (Å²) < 4.78 is 85.3. The van der Waals surface area contributed by atoms with E-state index in [0.717, 1.165) is 23.4 Å². The standard InChI is InChI=1S/C25H27F6N7O4/c1-12(34-15-10-33-35-21(39)19(15)25(29,30)31)11-42-18-4-6-37(23(18)41)14-3-5-38-17(8-14)22(40)36(2)16-7-13(24(26,27)28)9-32-20(16)38/h7,9-10,12,14,17-18H,3-6,8,11H2,1-2H3,(H2,34,35,39)/t12-,14-,17-,18-/m0/s1. The van der Waals surface area contributed by atoms with Gasteiger partial charge in [-0.25, -0.2) is 10.1 Å². The number of ether oxygens (including phenoxy) is 1. The molecule has 3 aliphatic rings. The number of aromatic nitrogens is 3. The predicted molar refractivity (Wildman–Crippen MR) is 136 cm³/mol. The van der Waals surface area contributed by atoms with Crippen LogP contribution in [0.3, 0.4) is 0 Å². The Morgan fingerprint density at radius 1 is 1.05 bits per heavy atom. The predicted octanol–water partition coefficient (Wildman–Crippen LogP) is 2.63. The van der Waals surface area contributed by atoms with Gasteiger partial charge in [-0.3, -0.25) is 14.4 Å². The number of halogens is 6. The molecule has 5 rings (SSSR count). The second-order valence-corrected chi connectivity index (χ2v) is 10.5. The number of amides is 2. The van der Waals surface area contributed by atoms with Crippen LogP contribution in [0, 0.1) is 0 Å². The summed E-state index contributed by atoms with van der Waals surface area (Å²) in [5.41, 5.74) is -4.21. The molecule has 3 aliphatic heterocycles. The maximum absolute atomic E-state index is 13.3. The summed E-state index contributed by atoms with van der Waals surface area (Å²) in [6, 6.07) is -0.845. The lowest BCUT2D eigenvalue weighted by molar-refractivity contribution is -0.140. The number of likely N-dealkylation sites (tertiary alicyclic amines) is 1. The monoisotopic (exact) mass is 603 g/mol. The lowest BCUT2D eigenvalue weighted by Crippen LogP contribution is -2.59. The molecular formula is C25H27F6N7O4. The number of alkyl halides is 6. The Bertz CT molecular complexity index is 1430. The van der Waals surface area contributed by atoms with E-state index in [9.17, 15) is 40.7 Å². The van der Waals surface area contributed by atoms with E-state index >= 15 is 0 Å². The van der Waals surface area contributed by atoms with Crippen molar-refractivity contribution in [3.05, 3.63) is 39.9 Å². The van der Waals surface area contributed by atoms with Gasteiger partial charge < -0.3 is 24.8 Å². The normalized spacial score (nSPS) is 23.6. The SMILES string of the molecule is C[C@@H](CO[C@H]1CCN([C@H]2CCN3c4ncc(C(F)(F)F)cc4N(C)C(=O)[C@@H]3C2)C1=O)Nc1cn[nH]c(=O)c1C(F)(F)F. The molecule has 2 fully saturated rings. The number of hydrogen-bond acceptors (Lipinski definition) is 8. The average Bonchev–Trinajstić information content (AvgIpc) is 3.28. The Morgan fingerprint density at radius 2 is 1.76 bits per heavy atom. The Balaban J connectivity index is 1.21. The van der Waals surface area contributed by atoms with E-state index in [1.165, 1.54) is 14.0 Å². The van der Waals surface area contributed by atoms with Gasteiger partial charge in [-0.15, -0.1) is 0 Å². The van der Waals surface area contributed by atoms with Crippen molar-refractivity contribution in [1.29, 1.82) is 0 Å². The van der Waals surface area contributed by atoms with Crippen LogP contribution in [-0.2, 0) is 26.7 Å². The molecule has 0 unspecified atom stereocenters. The largest absolute Gasteiger partial charge is 0.423 e. The van der Waals surface area contributed by atoms with Gasteiger partial charge in [-0.2, -0.15) is 31.4 Å². The molecule has 228 valence electrons. The van der Waals surface area contributed by atoms with Crippen molar-refractivity contribution in [2.45, 2.75) is 62.8 Å². The number of nitrogens with one attached hydrogen (secondary N) is 2. The van der Waals surface area contributed by atoms with Crippen LogP contribution in [-0.4, -0.2) is 82.9 Å². The molecule has 5 heterocycles. The van der Waals surface area contributed by atoms with E-state index in [0.29, 0.717) is 25.9 Å². The first-order chi connectivity index (χ1) is 19.7. The van der Waals surface area contributed by atoms with Crippen LogP contribution >= 0.6 is 0 Å². The summed E-state index contributed by atoms with van der Waals surface area (Å²) in [6.45, 7) is 2.03. The first-order valence-electron chi connectivity index (χ1n) is 13.1. The molecule has 2 saturated heterocycles. The smallest absolute Gasteiger partial charge is 0.378 e. The number of hydrogen-bond donors (Lipinski definition) is 2. The molecule has 2 amide bonds. The van der Waals surface area contributed by atoms with Crippen molar-refractivity contribution in [3.63, 3.8) is 0 Å². The third kappa shape index (κ3) is 5.48. The van der Waals surface area contributed by atoms with E-state index in [1.807, 2.05) is 0 Å². The zero-order valence-corrected chi connectivity index (χ0v) is 22.4. The van der Waals surface area contributed by atoms with E-state index in [4.69, 9.17) is 4.74 Å². The van der Waals surface area contributed by atoms with Gasteiger partial charge in [0.25, 0.3) is 11.5 Å². The number of anilines is 3. The average molecular weight is 604 g/mol. The Morgan fingerprint density at radius 3 is 2.45 bits per heavy atom. The number of piperidine rings is 1.